The number of piperidine rings is 1. The number of fused-ring (bicyclic) bond motifs is 1. The first kappa shape index (κ1) is 20.3. The molecule has 3 heterocycles. The number of allylic oxidation sites excluding steroid dienone is 1. The maximum atomic E-state index is 13.0. The third-order valence-corrected chi connectivity index (χ3v) is 7.85. The second kappa shape index (κ2) is 9.23. The van der Waals surface area contributed by atoms with Crippen molar-refractivity contribution >= 4 is 5.91 Å². The van der Waals surface area contributed by atoms with Crippen LogP contribution in [0.1, 0.15) is 49.1 Å². The Morgan fingerprint density at radius 2 is 1.73 bits per heavy atom. The molecule has 162 valence electrons. The van der Waals surface area contributed by atoms with E-state index in [1.807, 2.05) is 0 Å². The van der Waals surface area contributed by atoms with Gasteiger partial charge >= 0.3 is 0 Å². The highest BCUT2D eigenvalue weighted by atomic mass is 16.5. The van der Waals surface area contributed by atoms with Gasteiger partial charge in [-0.1, -0.05) is 42.8 Å². The fourth-order valence-electron chi connectivity index (χ4n) is 5.96. The quantitative estimate of drug-likeness (QED) is 0.694. The van der Waals surface area contributed by atoms with Gasteiger partial charge < -0.3 is 14.5 Å². The molecular formula is C26H36N2O2. The Bertz CT molecular complexity index is 747. The summed E-state index contributed by atoms with van der Waals surface area (Å²) in [7, 11) is 0. The summed E-state index contributed by atoms with van der Waals surface area (Å²) < 4.78 is 5.44. The Hall–Kier alpha value is -1.65. The summed E-state index contributed by atoms with van der Waals surface area (Å²) in [6, 6.07) is 9.35. The maximum Gasteiger partial charge on any atom is 0.225 e. The molecule has 4 aliphatic rings. The molecule has 0 aromatic heterocycles. The van der Waals surface area contributed by atoms with Crippen LogP contribution in [0.5, 0.6) is 0 Å². The lowest BCUT2D eigenvalue weighted by atomic mass is 9.85. The summed E-state index contributed by atoms with van der Waals surface area (Å²) in [6.45, 7) is 7.04. The average Bonchev–Trinajstić information content (AvgIpc) is 3.40. The molecule has 3 saturated heterocycles. The zero-order valence-corrected chi connectivity index (χ0v) is 18.2. The number of carbonyl (C=O) groups is 1. The van der Waals surface area contributed by atoms with E-state index in [1.54, 1.807) is 0 Å². The average molecular weight is 409 g/mol. The maximum absolute atomic E-state index is 13.0. The molecule has 0 N–H and O–H groups in total. The predicted molar refractivity (Wildman–Crippen MR) is 119 cm³/mol. The van der Waals surface area contributed by atoms with Gasteiger partial charge in [0.15, 0.2) is 0 Å². The number of carbonyl (C=O) groups excluding carboxylic acids is 1. The fourth-order valence-corrected chi connectivity index (χ4v) is 5.96. The van der Waals surface area contributed by atoms with E-state index in [-0.39, 0.29) is 5.92 Å². The molecule has 3 atom stereocenters. The molecule has 30 heavy (non-hydrogen) atoms. The zero-order valence-electron chi connectivity index (χ0n) is 18.2. The van der Waals surface area contributed by atoms with E-state index in [4.69, 9.17) is 4.74 Å². The molecule has 0 spiro atoms. The van der Waals surface area contributed by atoms with Gasteiger partial charge in [0.2, 0.25) is 5.91 Å². The van der Waals surface area contributed by atoms with Gasteiger partial charge in [-0.25, -0.2) is 0 Å². The predicted octanol–water partition coefficient (Wildman–Crippen LogP) is 3.87. The molecule has 0 saturated carbocycles. The van der Waals surface area contributed by atoms with Crippen molar-refractivity contribution in [3.05, 3.63) is 47.5 Å². The van der Waals surface area contributed by atoms with Crippen LogP contribution in [0.25, 0.3) is 0 Å². The second-order valence-electron chi connectivity index (χ2n) is 9.76. The van der Waals surface area contributed by atoms with Crippen molar-refractivity contribution in [2.24, 2.45) is 17.8 Å². The van der Waals surface area contributed by atoms with E-state index >= 15 is 0 Å². The van der Waals surface area contributed by atoms with Crippen LogP contribution in [-0.2, 0) is 16.0 Å². The Kier molecular flexibility index (Phi) is 6.24. The molecule has 3 aliphatic heterocycles. The van der Waals surface area contributed by atoms with Gasteiger partial charge in [0.25, 0.3) is 0 Å². The van der Waals surface area contributed by atoms with Crippen LogP contribution < -0.4 is 0 Å². The number of amides is 1. The SMILES string of the molecule is O=C(C1CCOCC1)N1CC2C=CC(c3ccc(CCN4CCCCC4)cc3)C2C1. The first-order chi connectivity index (χ1) is 14.8. The summed E-state index contributed by atoms with van der Waals surface area (Å²) in [5.41, 5.74) is 2.87. The molecule has 1 amide bonds. The van der Waals surface area contributed by atoms with E-state index in [0.717, 1.165) is 45.6 Å². The number of nitrogens with zero attached hydrogens (tertiary/aromatic N) is 2. The third-order valence-electron chi connectivity index (χ3n) is 7.85. The standard InChI is InChI=1S/C26H36N2O2/c29-26(22-11-16-30-17-12-22)28-18-23-8-9-24(25(23)19-28)21-6-4-20(5-7-21)10-15-27-13-2-1-3-14-27/h4-9,22-25H,1-3,10-19H2. The minimum atomic E-state index is 0.180. The molecule has 4 nitrogen and oxygen atoms in total. The van der Waals surface area contributed by atoms with Crippen LogP contribution in [0.4, 0.5) is 0 Å². The lowest BCUT2D eigenvalue weighted by Crippen LogP contribution is -2.37. The lowest BCUT2D eigenvalue weighted by molar-refractivity contribution is -0.137. The molecular weight excluding hydrogens is 372 g/mol. The highest BCUT2D eigenvalue weighted by Gasteiger charge is 2.42. The van der Waals surface area contributed by atoms with E-state index in [0.29, 0.717) is 23.7 Å². The van der Waals surface area contributed by atoms with Crippen molar-refractivity contribution < 1.29 is 9.53 Å². The number of hydrogen-bond acceptors (Lipinski definition) is 3. The topological polar surface area (TPSA) is 32.8 Å². The van der Waals surface area contributed by atoms with Crippen molar-refractivity contribution in [1.82, 2.24) is 9.80 Å². The molecule has 1 aromatic rings. The van der Waals surface area contributed by atoms with Crippen LogP contribution >= 0.6 is 0 Å². The normalized spacial score (nSPS) is 30.0. The molecule has 0 radical (unpaired) electrons. The van der Waals surface area contributed by atoms with Crippen molar-refractivity contribution in [2.75, 3.05) is 45.9 Å². The number of rotatable bonds is 5. The number of likely N-dealkylation sites (tertiary alicyclic amines) is 2. The number of hydrogen-bond donors (Lipinski definition) is 0. The number of ether oxygens (including phenoxy) is 1. The Labute approximate surface area is 181 Å². The van der Waals surface area contributed by atoms with Crippen molar-refractivity contribution in [2.45, 2.75) is 44.4 Å². The molecule has 1 aromatic carbocycles. The molecule has 3 unspecified atom stereocenters. The zero-order chi connectivity index (χ0) is 20.3. The van der Waals surface area contributed by atoms with E-state index in [9.17, 15) is 4.79 Å². The summed E-state index contributed by atoms with van der Waals surface area (Å²) in [4.78, 5) is 17.7. The van der Waals surface area contributed by atoms with Gasteiger partial charge in [0.05, 0.1) is 0 Å². The van der Waals surface area contributed by atoms with Crippen molar-refractivity contribution in [3.63, 3.8) is 0 Å². The molecule has 3 fully saturated rings. The van der Waals surface area contributed by atoms with Gasteiger partial charge in [-0.2, -0.15) is 0 Å². The van der Waals surface area contributed by atoms with Crippen LogP contribution in [0, 0.1) is 17.8 Å². The highest BCUT2D eigenvalue weighted by molar-refractivity contribution is 5.79. The Morgan fingerprint density at radius 3 is 2.50 bits per heavy atom. The van der Waals surface area contributed by atoms with Gasteiger partial charge in [-0.3, -0.25) is 4.79 Å². The first-order valence-electron chi connectivity index (χ1n) is 12.1. The van der Waals surface area contributed by atoms with Crippen LogP contribution in [0.2, 0.25) is 0 Å². The molecule has 5 rings (SSSR count). The second-order valence-corrected chi connectivity index (χ2v) is 9.76. The van der Waals surface area contributed by atoms with Gasteiger partial charge in [0.1, 0.15) is 0 Å². The molecule has 4 heteroatoms. The smallest absolute Gasteiger partial charge is 0.225 e. The fraction of sp³-hybridized carbons (Fsp3) is 0.654. The van der Waals surface area contributed by atoms with Crippen LogP contribution in [-0.4, -0.2) is 61.6 Å². The van der Waals surface area contributed by atoms with E-state index < -0.39 is 0 Å². The minimum Gasteiger partial charge on any atom is -0.381 e. The van der Waals surface area contributed by atoms with Crippen LogP contribution in [0.3, 0.4) is 0 Å². The third kappa shape index (κ3) is 4.36. The monoisotopic (exact) mass is 408 g/mol. The van der Waals surface area contributed by atoms with Gasteiger partial charge in [-0.15, -0.1) is 0 Å². The highest BCUT2D eigenvalue weighted by Crippen LogP contribution is 2.43. The van der Waals surface area contributed by atoms with Crippen molar-refractivity contribution in [1.29, 1.82) is 0 Å². The summed E-state index contributed by atoms with van der Waals surface area (Å²) in [6.07, 6.45) is 11.8. The minimum absolute atomic E-state index is 0.180. The van der Waals surface area contributed by atoms with Crippen LogP contribution in [0.15, 0.2) is 36.4 Å². The van der Waals surface area contributed by atoms with E-state index in [1.165, 1.54) is 50.0 Å². The first-order valence-corrected chi connectivity index (χ1v) is 12.1. The van der Waals surface area contributed by atoms with Crippen molar-refractivity contribution in [3.8, 4) is 0 Å². The number of benzene rings is 1. The van der Waals surface area contributed by atoms with E-state index in [2.05, 4.69) is 46.2 Å². The largest absolute Gasteiger partial charge is 0.381 e. The van der Waals surface area contributed by atoms with Gasteiger partial charge in [0, 0.05) is 44.7 Å². The summed E-state index contributed by atoms with van der Waals surface area (Å²) >= 11 is 0. The Morgan fingerprint density at radius 1 is 0.967 bits per heavy atom. The molecule has 1 aliphatic carbocycles. The lowest BCUT2D eigenvalue weighted by Gasteiger charge is -2.27. The van der Waals surface area contributed by atoms with Gasteiger partial charge in [-0.05, 0) is 68.2 Å². The summed E-state index contributed by atoms with van der Waals surface area (Å²) in [5.74, 6) is 2.08. The Balaban J connectivity index is 1.17. The summed E-state index contributed by atoms with van der Waals surface area (Å²) in [5, 5.41) is 0. The molecule has 0 bridgehead atoms.